The molecule has 6 rings (SSSR count). The van der Waals surface area contributed by atoms with Crippen molar-refractivity contribution in [2.75, 3.05) is 6.61 Å². The number of fused-ring (bicyclic) bond motifs is 1. The zero-order chi connectivity index (χ0) is 32.4. The largest absolute Gasteiger partial charge is 0.487 e. The van der Waals surface area contributed by atoms with Crippen LogP contribution in [0.2, 0.25) is 5.02 Å². The molecule has 0 N–H and O–H groups in total. The average molecular weight is 877 g/mol. The highest BCUT2D eigenvalue weighted by molar-refractivity contribution is 14.1. The van der Waals surface area contributed by atoms with Gasteiger partial charge in [0.1, 0.15) is 18.2 Å². The van der Waals surface area contributed by atoms with E-state index in [9.17, 15) is 14.0 Å². The standard InChI is InChI=1S/C35H24ClFI2N2O4S/c1-2-44-34(43)29-30(21-8-4-3-5-9-21)40-35-41(31(29)22-12-14-24(37)15-13-22)33(42)28(46-35)18-20-16-26(38)32(27(39)17-20)45-19-23-10-6-7-11-25(23)36/h3-18,31H,2,19H2,1H3/b28-18-/t31-/m1/s1. The first-order valence-electron chi connectivity index (χ1n) is 14.1. The van der Waals surface area contributed by atoms with Crippen molar-refractivity contribution in [1.29, 1.82) is 0 Å². The van der Waals surface area contributed by atoms with Gasteiger partial charge in [-0.2, -0.15) is 0 Å². The Morgan fingerprint density at radius 1 is 1.02 bits per heavy atom. The summed E-state index contributed by atoms with van der Waals surface area (Å²) in [7, 11) is 0. The van der Waals surface area contributed by atoms with Gasteiger partial charge in [0.25, 0.3) is 5.56 Å². The molecule has 46 heavy (non-hydrogen) atoms. The molecule has 1 aromatic heterocycles. The molecule has 0 amide bonds. The zero-order valence-electron chi connectivity index (χ0n) is 24.2. The van der Waals surface area contributed by atoms with E-state index in [1.165, 1.54) is 28.0 Å². The molecule has 1 atom stereocenters. The Bertz CT molecular complexity index is 2140. The summed E-state index contributed by atoms with van der Waals surface area (Å²) in [5.74, 6) is -0.294. The van der Waals surface area contributed by atoms with Gasteiger partial charge in [-0.3, -0.25) is 9.36 Å². The molecule has 0 spiro atoms. The number of hydrogen-bond donors (Lipinski definition) is 0. The van der Waals surface area contributed by atoms with Crippen LogP contribution in [-0.2, 0) is 16.1 Å². The van der Waals surface area contributed by atoms with Crippen LogP contribution in [0.3, 0.4) is 0 Å². The summed E-state index contributed by atoms with van der Waals surface area (Å²) in [6, 6.07) is 25.6. The number of thiazole rings is 1. The number of carbonyl (C=O) groups is 1. The summed E-state index contributed by atoms with van der Waals surface area (Å²) in [6.45, 7) is 2.18. The Morgan fingerprint density at radius 3 is 2.37 bits per heavy atom. The number of rotatable bonds is 8. The lowest BCUT2D eigenvalue weighted by Gasteiger charge is -2.25. The Morgan fingerprint density at radius 2 is 1.70 bits per heavy atom. The number of benzene rings is 4. The molecular weight excluding hydrogens is 853 g/mol. The molecule has 232 valence electrons. The molecular formula is C35H24ClFI2N2O4S. The van der Waals surface area contributed by atoms with Gasteiger partial charge in [0.05, 0.1) is 35.6 Å². The fraction of sp³-hybridized carbons (Fsp3) is 0.114. The van der Waals surface area contributed by atoms with Crippen molar-refractivity contribution in [3.63, 3.8) is 0 Å². The van der Waals surface area contributed by atoms with Gasteiger partial charge in [-0.05, 0) is 99.6 Å². The third kappa shape index (κ3) is 6.71. The summed E-state index contributed by atoms with van der Waals surface area (Å²) in [4.78, 5) is 33.0. The number of aromatic nitrogens is 1. The summed E-state index contributed by atoms with van der Waals surface area (Å²) >= 11 is 12.0. The van der Waals surface area contributed by atoms with E-state index in [-0.39, 0.29) is 17.7 Å². The van der Waals surface area contributed by atoms with Crippen molar-refractivity contribution in [2.24, 2.45) is 4.99 Å². The average Bonchev–Trinajstić information content (AvgIpc) is 3.35. The van der Waals surface area contributed by atoms with Crippen LogP contribution >= 0.6 is 68.1 Å². The highest BCUT2D eigenvalue weighted by atomic mass is 127. The molecule has 11 heteroatoms. The topological polar surface area (TPSA) is 69.9 Å². The van der Waals surface area contributed by atoms with E-state index in [4.69, 9.17) is 26.1 Å². The SMILES string of the molecule is CCOC(=O)C1=C(c2ccccc2)N=c2s/c(=C\c3cc(I)c(OCc4ccccc4Cl)c(I)c3)c(=O)n2[C@@H]1c1ccc(F)cc1. The zero-order valence-corrected chi connectivity index (χ0v) is 30.1. The van der Waals surface area contributed by atoms with E-state index >= 15 is 0 Å². The lowest BCUT2D eigenvalue weighted by atomic mass is 9.93. The Balaban J connectivity index is 1.48. The third-order valence-electron chi connectivity index (χ3n) is 7.21. The van der Waals surface area contributed by atoms with Gasteiger partial charge in [0.15, 0.2) is 4.80 Å². The van der Waals surface area contributed by atoms with Crippen LogP contribution in [0.4, 0.5) is 4.39 Å². The van der Waals surface area contributed by atoms with Crippen molar-refractivity contribution in [3.8, 4) is 5.75 Å². The second-order valence-corrected chi connectivity index (χ2v) is 13.9. The summed E-state index contributed by atoms with van der Waals surface area (Å²) in [6.07, 6.45) is 1.81. The Kier molecular flexibility index (Phi) is 10.1. The van der Waals surface area contributed by atoms with Crippen LogP contribution in [0.1, 0.15) is 35.2 Å². The minimum atomic E-state index is -0.880. The molecule has 0 saturated carbocycles. The molecule has 5 aromatic rings. The number of esters is 1. The van der Waals surface area contributed by atoms with E-state index in [0.29, 0.717) is 37.8 Å². The fourth-order valence-electron chi connectivity index (χ4n) is 5.12. The first-order chi connectivity index (χ1) is 22.2. The molecule has 0 bridgehead atoms. The second kappa shape index (κ2) is 14.2. The molecule has 0 saturated heterocycles. The van der Waals surface area contributed by atoms with Gasteiger partial charge in [-0.1, -0.05) is 83.6 Å². The second-order valence-electron chi connectivity index (χ2n) is 10.2. The van der Waals surface area contributed by atoms with Crippen LogP contribution in [0, 0.1) is 13.0 Å². The van der Waals surface area contributed by atoms with E-state index < -0.39 is 17.8 Å². The molecule has 1 aliphatic heterocycles. The number of halogens is 4. The first kappa shape index (κ1) is 32.6. The monoisotopic (exact) mass is 876 g/mol. The lowest BCUT2D eigenvalue weighted by molar-refractivity contribution is -0.138. The molecule has 6 nitrogen and oxygen atoms in total. The molecule has 0 aliphatic carbocycles. The van der Waals surface area contributed by atoms with Gasteiger partial charge < -0.3 is 9.47 Å². The predicted molar refractivity (Wildman–Crippen MR) is 195 cm³/mol. The molecule has 2 heterocycles. The number of hydrogen-bond acceptors (Lipinski definition) is 6. The molecule has 4 aromatic carbocycles. The van der Waals surface area contributed by atoms with Crippen LogP contribution in [0.15, 0.2) is 106 Å². The molecule has 0 fully saturated rings. The van der Waals surface area contributed by atoms with Gasteiger partial charge >= 0.3 is 5.97 Å². The van der Waals surface area contributed by atoms with E-state index in [1.54, 1.807) is 19.1 Å². The first-order valence-corrected chi connectivity index (χ1v) is 17.5. The minimum absolute atomic E-state index is 0.139. The molecule has 0 radical (unpaired) electrons. The maximum atomic E-state index is 14.2. The van der Waals surface area contributed by atoms with Gasteiger partial charge in [0, 0.05) is 16.1 Å². The molecule has 0 unspecified atom stereocenters. The summed E-state index contributed by atoms with van der Waals surface area (Å²) in [5, 5.41) is 0.639. The molecule has 1 aliphatic rings. The number of nitrogens with zero attached hydrogens (tertiary/aromatic N) is 2. The van der Waals surface area contributed by atoms with Crippen molar-refractivity contribution >= 4 is 85.9 Å². The third-order valence-corrected chi connectivity index (χ3v) is 10.2. The van der Waals surface area contributed by atoms with E-state index in [2.05, 4.69) is 45.2 Å². The smallest absolute Gasteiger partial charge is 0.338 e. The Hall–Kier alpha value is -3.33. The quantitative estimate of drug-likeness (QED) is 0.120. The maximum absolute atomic E-state index is 14.2. The van der Waals surface area contributed by atoms with Gasteiger partial charge in [-0.25, -0.2) is 14.2 Å². The van der Waals surface area contributed by atoms with Gasteiger partial charge in [0.2, 0.25) is 0 Å². The van der Waals surface area contributed by atoms with Crippen LogP contribution in [0.25, 0.3) is 11.8 Å². The maximum Gasteiger partial charge on any atom is 0.338 e. The lowest BCUT2D eigenvalue weighted by Crippen LogP contribution is -2.40. The summed E-state index contributed by atoms with van der Waals surface area (Å²) < 4.78 is 29.3. The van der Waals surface area contributed by atoms with Crippen LogP contribution in [0.5, 0.6) is 5.75 Å². The van der Waals surface area contributed by atoms with Crippen molar-refractivity contribution in [3.05, 3.63) is 156 Å². The number of ether oxygens (including phenoxy) is 2. The highest BCUT2D eigenvalue weighted by Crippen LogP contribution is 2.35. The van der Waals surface area contributed by atoms with Gasteiger partial charge in [-0.15, -0.1) is 0 Å². The fourth-order valence-corrected chi connectivity index (χ4v) is 8.44. The van der Waals surface area contributed by atoms with Crippen LogP contribution in [-0.4, -0.2) is 17.1 Å². The van der Waals surface area contributed by atoms with Crippen molar-refractivity contribution < 1.29 is 18.7 Å². The van der Waals surface area contributed by atoms with Crippen molar-refractivity contribution in [1.82, 2.24) is 4.57 Å². The van der Waals surface area contributed by atoms with E-state index in [0.717, 1.165) is 24.0 Å². The normalized spacial score (nSPS) is 14.5. The number of carbonyl (C=O) groups excluding carboxylic acids is 1. The van der Waals surface area contributed by atoms with Crippen LogP contribution < -0.4 is 19.6 Å². The van der Waals surface area contributed by atoms with Crippen molar-refractivity contribution in [2.45, 2.75) is 19.6 Å². The highest BCUT2D eigenvalue weighted by Gasteiger charge is 2.35. The minimum Gasteiger partial charge on any atom is -0.487 e. The van der Waals surface area contributed by atoms with E-state index in [1.807, 2.05) is 72.8 Å². The predicted octanol–water partition coefficient (Wildman–Crippen LogP) is 7.52. The Labute approximate surface area is 300 Å². The summed E-state index contributed by atoms with van der Waals surface area (Å²) in [5.41, 5.74) is 3.24.